The Bertz CT molecular complexity index is 370. The fraction of sp³-hybridized carbons (Fsp3) is 0.300. The van der Waals surface area contributed by atoms with Crippen molar-refractivity contribution in [3.63, 3.8) is 0 Å². The number of nitrogens with two attached hydrogens (primary N) is 1. The van der Waals surface area contributed by atoms with Crippen molar-refractivity contribution in [2.24, 2.45) is 0 Å². The Morgan fingerprint density at radius 1 is 1.60 bits per heavy atom. The molecule has 3 nitrogen and oxygen atoms in total. The summed E-state index contributed by atoms with van der Waals surface area (Å²) in [4.78, 5) is 11.5. The molecular formula is C10H13FN2OS. The number of amides is 1. The van der Waals surface area contributed by atoms with Crippen molar-refractivity contribution in [1.82, 2.24) is 0 Å². The minimum atomic E-state index is -0.481. The van der Waals surface area contributed by atoms with Gasteiger partial charge in [0.05, 0.1) is 10.9 Å². The molecule has 1 unspecified atom stereocenters. The van der Waals surface area contributed by atoms with Gasteiger partial charge in [-0.1, -0.05) is 0 Å². The van der Waals surface area contributed by atoms with Gasteiger partial charge in [-0.3, -0.25) is 4.79 Å². The van der Waals surface area contributed by atoms with E-state index >= 15 is 0 Å². The molecule has 15 heavy (non-hydrogen) atoms. The predicted octanol–water partition coefficient (Wildman–Crippen LogP) is 2.10. The summed E-state index contributed by atoms with van der Waals surface area (Å²) in [6, 6.07) is 4.08. The van der Waals surface area contributed by atoms with Gasteiger partial charge in [0.1, 0.15) is 5.82 Å². The molecule has 0 radical (unpaired) electrons. The second-order valence-corrected chi connectivity index (χ2v) is 4.28. The number of carbonyl (C=O) groups is 1. The van der Waals surface area contributed by atoms with Crippen LogP contribution in [0.25, 0.3) is 0 Å². The van der Waals surface area contributed by atoms with Crippen LogP contribution in [0.15, 0.2) is 18.2 Å². The second-order valence-electron chi connectivity index (χ2n) is 3.11. The first-order valence-electron chi connectivity index (χ1n) is 4.43. The highest BCUT2D eigenvalue weighted by atomic mass is 32.2. The summed E-state index contributed by atoms with van der Waals surface area (Å²) < 4.78 is 13.2. The summed E-state index contributed by atoms with van der Waals surface area (Å²) in [5.74, 6) is -0.710. The molecule has 1 aromatic rings. The summed E-state index contributed by atoms with van der Waals surface area (Å²) in [5.41, 5.74) is 6.03. The van der Waals surface area contributed by atoms with Crippen LogP contribution in [0, 0.1) is 5.82 Å². The van der Waals surface area contributed by atoms with E-state index in [2.05, 4.69) is 5.32 Å². The Morgan fingerprint density at radius 3 is 2.87 bits per heavy atom. The Morgan fingerprint density at radius 2 is 2.27 bits per heavy atom. The van der Waals surface area contributed by atoms with E-state index in [0.29, 0.717) is 5.69 Å². The monoisotopic (exact) mass is 228 g/mol. The molecule has 0 spiro atoms. The van der Waals surface area contributed by atoms with Crippen molar-refractivity contribution in [1.29, 1.82) is 0 Å². The van der Waals surface area contributed by atoms with E-state index in [1.807, 2.05) is 6.26 Å². The number of nitrogens with one attached hydrogen (secondary N) is 1. The van der Waals surface area contributed by atoms with Gasteiger partial charge < -0.3 is 11.1 Å². The van der Waals surface area contributed by atoms with E-state index in [1.54, 1.807) is 6.92 Å². The van der Waals surface area contributed by atoms with E-state index in [9.17, 15) is 9.18 Å². The van der Waals surface area contributed by atoms with E-state index in [1.165, 1.54) is 30.0 Å². The fourth-order valence-electron chi connectivity index (χ4n) is 0.980. The van der Waals surface area contributed by atoms with Crippen molar-refractivity contribution in [2.75, 3.05) is 17.3 Å². The summed E-state index contributed by atoms with van der Waals surface area (Å²) in [6.45, 7) is 1.75. The van der Waals surface area contributed by atoms with E-state index in [0.717, 1.165) is 0 Å². The molecule has 0 fully saturated rings. The molecule has 1 rings (SSSR count). The number of rotatable bonds is 3. The third kappa shape index (κ3) is 3.13. The van der Waals surface area contributed by atoms with E-state index in [-0.39, 0.29) is 16.8 Å². The van der Waals surface area contributed by atoms with Crippen LogP contribution in [0.5, 0.6) is 0 Å². The zero-order valence-electron chi connectivity index (χ0n) is 8.58. The minimum absolute atomic E-state index is 0.126. The number of hydrogen-bond acceptors (Lipinski definition) is 3. The number of halogens is 1. The van der Waals surface area contributed by atoms with Gasteiger partial charge in [0, 0.05) is 5.69 Å². The fourth-order valence-corrected chi connectivity index (χ4v) is 1.25. The highest BCUT2D eigenvalue weighted by Gasteiger charge is 2.13. The third-order valence-corrected chi connectivity index (χ3v) is 2.89. The molecule has 0 aliphatic rings. The minimum Gasteiger partial charge on any atom is -0.399 e. The van der Waals surface area contributed by atoms with E-state index < -0.39 is 5.82 Å². The zero-order valence-corrected chi connectivity index (χ0v) is 9.40. The number of carbonyl (C=O) groups excluding carboxylic acids is 1. The van der Waals surface area contributed by atoms with E-state index in [4.69, 9.17) is 5.73 Å². The zero-order chi connectivity index (χ0) is 11.4. The largest absolute Gasteiger partial charge is 0.399 e. The second kappa shape index (κ2) is 5.02. The first kappa shape index (κ1) is 11.8. The lowest BCUT2D eigenvalue weighted by Crippen LogP contribution is -2.22. The van der Waals surface area contributed by atoms with Gasteiger partial charge in [-0.05, 0) is 31.4 Å². The van der Waals surface area contributed by atoms with Crippen LogP contribution >= 0.6 is 11.8 Å². The molecule has 0 heterocycles. The number of anilines is 2. The Kier molecular flexibility index (Phi) is 3.96. The number of thioether (sulfide) groups is 1. The summed E-state index contributed by atoms with van der Waals surface area (Å²) in [6.07, 6.45) is 1.82. The lowest BCUT2D eigenvalue weighted by atomic mass is 10.2. The molecule has 0 aromatic heterocycles. The van der Waals surface area contributed by atoms with Crippen molar-refractivity contribution < 1.29 is 9.18 Å². The van der Waals surface area contributed by atoms with Crippen LogP contribution in [-0.4, -0.2) is 17.4 Å². The summed E-state index contributed by atoms with van der Waals surface area (Å²) in [5, 5.41) is 2.27. The van der Waals surface area contributed by atoms with Crippen LogP contribution in [-0.2, 0) is 4.79 Å². The van der Waals surface area contributed by atoms with Gasteiger partial charge in [-0.2, -0.15) is 11.8 Å². The summed E-state index contributed by atoms with van der Waals surface area (Å²) in [7, 11) is 0. The molecule has 1 aromatic carbocycles. The smallest absolute Gasteiger partial charge is 0.237 e. The quantitative estimate of drug-likeness (QED) is 0.779. The van der Waals surface area contributed by atoms with Crippen LogP contribution in [0.2, 0.25) is 0 Å². The third-order valence-electron chi connectivity index (χ3n) is 1.97. The van der Waals surface area contributed by atoms with Gasteiger partial charge in [-0.25, -0.2) is 4.39 Å². The van der Waals surface area contributed by atoms with Crippen molar-refractivity contribution >= 4 is 29.0 Å². The maximum absolute atomic E-state index is 13.2. The first-order chi connectivity index (χ1) is 7.04. The van der Waals surface area contributed by atoms with Crippen LogP contribution in [0.1, 0.15) is 6.92 Å². The Hall–Kier alpha value is -1.23. The Labute approximate surface area is 92.2 Å². The van der Waals surface area contributed by atoms with Crippen molar-refractivity contribution in [3.05, 3.63) is 24.0 Å². The standard InChI is InChI=1S/C10H13FN2OS/c1-6(15-2)10(14)13-9-5-7(12)3-4-8(9)11/h3-6H,12H2,1-2H3,(H,13,14). The predicted molar refractivity (Wildman–Crippen MR) is 62.4 cm³/mol. The SMILES string of the molecule is CSC(C)C(=O)Nc1cc(N)ccc1F. The molecule has 0 aliphatic carbocycles. The molecule has 0 bridgehead atoms. The first-order valence-corrected chi connectivity index (χ1v) is 5.72. The maximum Gasteiger partial charge on any atom is 0.237 e. The summed E-state index contributed by atoms with van der Waals surface area (Å²) >= 11 is 1.40. The van der Waals surface area contributed by atoms with Crippen LogP contribution in [0.4, 0.5) is 15.8 Å². The van der Waals surface area contributed by atoms with Crippen molar-refractivity contribution in [2.45, 2.75) is 12.2 Å². The average Bonchev–Trinajstić information content (AvgIpc) is 2.22. The van der Waals surface area contributed by atoms with Gasteiger partial charge in [0.15, 0.2) is 0 Å². The molecule has 0 aliphatic heterocycles. The number of hydrogen-bond donors (Lipinski definition) is 2. The number of benzene rings is 1. The molecule has 0 saturated heterocycles. The molecule has 82 valence electrons. The number of nitrogen functional groups attached to an aromatic ring is 1. The molecule has 5 heteroatoms. The Balaban J connectivity index is 2.80. The van der Waals surface area contributed by atoms with Gasteiger partial charge in [-0.15, -0.1) is 0 Å². The maximum atomic E-state index is 13.2. The molecule has 1 atom stereocenters. The average molecular weight is 228 g/mol. The molecule has 1 amide bonds. The lowest BCUT2D eigenvalue weighted by molar-refractivity contribution is -0.115. The molecule has 3 N–H and O–H groups in total. The highest BCUT2D eigenvalue weighted by molar-refractivity contribution is 7.99. The van der Waals surface area contributed by atoms with Crippen LogP contribution in [0.3, 0.4) is 0 Å². The van der Waals surface area contributed by atoms with Crippen LogP contribution < -0.4 is 11.1 Å². The van der Waals surface area contributed by atoms with Gasteiger partial charge >= 0.3 is 0 Å². The normalized spacial score (nSPS) is 12.2. The lowest BCUT2D eigenvalue weighted by Gasteiger charge is -2.10. The van der Waals surface area contributed by atoms with Gasteiger partial charge in [0.2, 0.25) is 5.91 Å². The van der Waals surface area contributed by atoms with Crippen molar-refractivity contribution in [3.8, 4) is 0 Å². The van der Waals surface area contributed by atoms with Gasteiger partial charge in [0.25, 0.3) is 0 Å². The topological polar surface area (TPSA) is 55.1 Å². The molecule has 0 saturated carbocycles. The highest BCUT2D eigenvalue weighted by Crippen LogP contribution is 2.18. The molecular weight excluding hydrogens is 215 g/mol.